The van der Waals surface area contributed by atoms with Crippen LogP contribution in [0, 0.1) is 0 Å². The number of fused-ring (bicyclic) bond motifs is 6. The number of nitrogens with one attached hydrogen (secondary N) is 2. The molecule has 1 atom stereocenters. The summed E-state index contributed by atoms with van der Waals surface area (Å²) in [7, 11) is 0. The van der Waals surface area contributed by atoms with Gasteiger partial charge in [0.2, 0.25) is 11.8 Å². The molecule has 6 rings (SSSR count). The van der Waals surface area contributed by atoms with Crippen LogP contribution in [0.4, 0.5) is 0 Å². The van der Waals surface area contributed by atoms with E-state index >= 15 is 0 Å². The van der Waals surface area contributed by atoms with E-state index in [0.717, 1.165) is 29.3 Å². The number of rotatable bonds is 5. The Bertz CT molecular complexity index is 1480. The molecule has 1 aromatic heterocycles. The third-order valence-corrected chi connectivity index (χ3v) is 8.39. The van der Waals surface area contributed by atoms with Crippen molar-refractivity contribution < 1.29 is 9.59 Å². The molecule has 1 unspecified atom stereocenters. The number of carbonyl (C=O) groups is 2. The summed E-state index contributed by atoms with van der Waals surface area (Å²) in [5.74, 6) is -0.384. The van der Waals surface area contributed by atoms with Gasteiger partial charge >= 0.3 is 0 Å². The minimum Gasteiger partial charge on any atom is -0.361 e. The molecule has 3 aromatic carbocycles. The van der Waals surface area contributed by atoms with E-state index < -0.39 is 11.6 Å². The molecule has 39 heavy (non-hydrogen) atoms. The lowest BCUT2D eigenvalue weighted by Crippen LogP contribution is -2.58. The van der Waals surface area contributed by atoms with Gasteiger partial charge < -0.3 is 20.9 Å². The smallest absolute Gasteiger partial charge is 0.245 e. The van der Waals surface area contributed by atoms with Gasteiger partial charge in [-0.15, -0.1) is 12.4 Å². The molecule has 2 aliphatic rings. The van der Waals surface area contributed by atoms with Gasteiger partial charge in [0.1, 0.15) is 6.04 Å². The average molecular weight is 543 g/mol. The molecule has 7 heteroatoms. The number of halogens is 1. The molecule has 0 bridgehead atoms. The first-order chi connectivity index (χ1) is 18.3. The van der Waals surface area contributed by atoms with Crippen LogP contribution in [-0.4, -0.2) is 46.4 Å². The highest BCUT2D eigenvalue weighted by Crippen LogP contribution is 2.53. The highest BCUT2D eigenvalue weighted by Gasteiger charge is 2.46. The molecule has 2 heterocycles. The maximum absolute atomic E-state index is 14.0. The largest absolute Gasteiger partial charge is 0.361 e. The standard InChI is InChI=1S/C32H34N4O2.ClH/c1-31(2,33)30(38)35-28(19-21-20-34-27-14-8-5-9-22(21)27)29(37)36-17-15-32(16-18-36)25-12-6-3-10-23(25)24-11-4-7-13-26(24)32;/h3-14,20,28,34H,15-19,33H2,1-2H3,(H,35,38);1H. The molecule has 202 valence electrons. The van der Waals surface area contributed by atoms with E-state index in [2.05, 4.69) is 58.8 Å². The van der Waals surface area contributed by atoms with Crippen LogP contribution in [0.2, 0.25) is 0 Å². The first-order valence-electron chi connectivity index (χ1n) is 13.4. The Balaban J connectivity index is 0.00000308. The van der Waals surface area contributed by atoms with Gasteiger partial charge in [-0.05, 0) is 60.6 Å². The number of para-hydroxylation sites is 1. The molecule has 1 aliphatic heterocycles. The third kappa shape index (κ3) is 4.62. The van der Waals surface area contributed by atoms with Crippen molar-refractivity contribution in [2.45, 2.75) is 50.1 Å². The molecule has 1 fully saturated rings. The number of carbonyl (C=O) groups excluding carboxylic acids is 2. The summed E-state index contributed by atoms with van der Waals surface area (Å²) in [6, 6.07) is 24.7. The number of piperidine rings is 1. The summed E-state index contributed by atoms with van der Waals surface area (Å²) in [5.41, 5.74) is 12.3. The van der Waals surface area contributed by atoms with Gasteiger partial charge in [-0.25, -0.2) is 0 Å². The minimum absolute atomic E-state index is 0. The van der Waals surface area contributed by atoms with Crippen molar-refractivity contribution in [1.29, 1.82) is 0 Å². The normalized spacial score (nSPS) is 16.3. The lowest BCUT2D eigenvalue weighted by molar-refractivity contribution is -0.138. The summed E-state index contributed by atoms with van der Waals surface area (Å²) in [4.78, 5) is 32.1. The summed E-state index contributed by atoms with van der Waals surface area (Å²) < 4.78 is 0. The molecular formula is C32H35ClN4O2. The van der Waals surface area contributed by atoms with E-state index in [1.807, 2.05) is 35.4 Å². The third-order valence-electron chi connectivity index (χ3n) is 8.39. The van der Waals surface area contributed by atoms with Crippen molar-refractivity contribution >= 4 is 35.1 Å². The van der Waals surface area contributed by atoms with Crippen LogP contribution in [0.5, 0.6) is 0 Å². The number of amides is 2. The van der Waals surface area contributed by atoms with Crippen molar-refractivity contribution in [2.75, 3.05) is 13.1 Å². The summed E-state index contributed by atoms with van der Waals surface area (Å²) >= 11 is 0. The fourth-order valence-corrected chi connectivity index (χ4v) is 6.35. The summed E-state index contributed by atoms with van der Waals surface area (Å²) in [6.45, 7) is 4.59. The van der Waals surface area contributed by atoms with Gasteiger partial charge in [0.05, 0.1) is 5.54 Å². The molecule has 0 saturated carbocycles. The molecule has 1 aliphatic carbocycles. The Morgan fingerprint density at radius 1 is 0.949 bits per heavy atom. The number of hydrogen-bond acceptors (Lipinski definition) is 3. The molecule has 1 spiro atoms. The molecule has 0 radical (unpaired) electrons. The fraction of sp³-hybridized carbons (Fsp3) is 0.312. The van der Waals surface area contributed by atoms with E-state index in [1.165, 1.54) is 22.3 Å². The van der Waals surface area contributed by atoms with Crippen LogP contribution in [0.3, 0.4) is 0 Å². The molecule has 1 saturated heterocycles. The predicted octanol–water partition coefficient (Wildman–Crippen LogP) is 4.94. The Kier molecular flexibility index (Phi) is 7.04. The van der Waals surface area contributed by atoms with Crippen LogP contribution in [0.15, 0.2) is 79.0 Å². The van der Waals surface area contributed by atoms with Gasteiger partial charge in [-0.1, -0.05) is 66.7 Å². The number of aromatic amines is 1. The van der Waals surface area contributed by atoms with E-state index in [-0.39, 0.29) is 29.6 Å². The van der Waals surface area contributed by atoms with E-state index in [0.29, 0.717) is 19.5 Å². The number of likely N-dealkylation sites (tertiary alicyclic amines) is 1. The maximum Gasteiger partial charge on any atom is 0.245 e. The van der Waals surface area contributed by atoms with E-state index in [1.54, 1.807) is 13.8 Å². The lowest BCUT2D eigenvalue weighted by Gasteiger charge is -2.42. The average Bonchev–Trinajstić information content (AvgIpc) is 3.45. The number of nitrogens with zero attached hydrogens (tertiary/aromatic N) is 1. The van der Waals surface area contributed by atoms with Gasteiger partial charge in [0, 0.05) is 42.0 Å². The fourth-order valence-electron chi connectivity index (χ4n) is 6.35. The number of benzene rings is 3. The lowest BCUT2D eigenvalue weighted by atomic mass is 9.71. The highest BCUT2D eigenvalue weighted by molar-refractivity contribution is 5.93. The molecule has 4 N–H and O–H groups in total. The first-order valence-corrected chi connectivity index (χ1v) is 13.4. The van der Waals surface area contributed by atoms with Crippen molar-refractivity contribution in [3.63, 3.8) is 0 Å². The molecule has 2 amide bonds. The van der Waals surface area contributed by atoms with Crippen molar-refractivity contribution in [1.82, 2.24) is 15.2 Å². The van der Waals surface area contributed by atoms with Crippen LogP contribution in [0.25, 0.3) is 22.0 Å². The Labute approximate surface area is 235 Å². The second-order valence-corrected chi connectivity index (χ2v) is 11.3. The van der Waals surface area contributed by atoms with Crippen LogP contribution >= 0.6 is 12.4 Å². The predicted molar refractivity (Wildman–Crippen MR) is 158 cm³/mol. The van der Waals surface area contributed by atoms with Gasteiger partial charge in [-0.3, -0.25) is 9.59 Å². The topological polar surface area (TPSA) is 91.2 Å². The Morgan fingerprint density at radius 3 is 2.13 bits per heavy atom. The van der Waals surface area contributed by atoms with Gasteiger partial charge in [0.15, 0.2) is 0 Å². The number of nitrogens with two attached hydrogens (primary N) is 1. The highest BCUT2D eigenvalue weighted by atomic mass is 35.5. The second-order valence-electron chi connectivity index (χ2n) is 11.3. The minimum atomic E-state index is -1.08. The Hall–Kier alpha value is -3.61. The molecule has 6 nitrogen and oxygen atoms in total. The SMILES string of the molecule is CC(C)(N)C(=O)NC(Cc1c[nH]c2ccccc12)C(=O)N1CCC2(CC1)c1ccccc1-c1ccccc12.Cl. The number of H-pyrrole nitrogens is 1. The number of hydrogen-bond donors (Lipinski definition) is 3. The van der Waals surface area contributed by atoms with E-state index in [9.17, 15) is 9.59 Å². The number of aromatic nitrogens is 1. The van der Waals surface area contributed by atoms with Crippen LogP contribution < -0.4 is 11.1 Å². The summed E-state index contributed by atoms with van der Waals surface area (Å²) in [5, 5.41) is 4.04. The Morgan fingerprint density at radius 2 is 1.51 bits per heavy atom. The second kappa shape index (κ2) is 10.2. The van der Waals surface area contributed by atoms with Crippen LogP contribution in [0.1, 0.15) is 43.4 Å². The van der Waals surface area contributed by atoms with Gasteiger partial charge in [-0.2, -0.15) is 0 Å². The monoisotopic (exact) mass is 542 g/mol. The van der Waals surface area contributed by atoms with E-state index in [4.69, 9.17) is 5.73 Å². The zero-order chi connectivity index (χ0) is 26.5. The zero-order valence-electron chi connectivity index (χ0n) is 22.4. The quantitative estimate of drug-likeness (QED) is 0.333. The first kappa shape index (κ1) is 27.0. The van der Waals surface area contributed by atoms with Crippen LogP contribution in [-0.2, 0) is 21.4 Å². The van der Waals surface area contributed by atoms with Crippen molar-refractivity contribution in [3.8, 4) is 11.1 Å². The van der Waals surface area contributed by atoms with Crippen molar-refractivity contribution in [2.24, 2.45) is 5.73 Å². The molecule has 4 aromatic rings. The van der Waals surface area contributed by atoms with Gasteiger partial charge in [0.25, 0.3) is 0 Å². The summed E-state index contributed by atoms with van der Waals surface area (Å²) in [6.07, 6.45) is 4.03. The zero-order valence-corrected chi connectivity index (χ0v) is 23.2. The van der Waals surface area contributed by atoms with Crippen molar-refractivity contribution in [3.05, 3.63) is 95.7 Å². The maximum atomic E-state index is 14.0. The molecular weight excluding hydrogens is 508 g/mol.